The van der Waals surface area contributed by atoms with Gasteiger partial charge in [0.25, 0.3) is 5.91 Å². The molecule has 1 aliphatic rings. The predicted molar refractivity (Wildman–Crippen MR) is 95.5 cm³/mol. The molecule has 1 N–H and O–H groups in total. The smallest absolute Gasteiger partial charge is 0.274 e. The Balaban J connectivity index is 1.69. The third-order valence-corrected chi connectivity index (χ3v) is 4.44. The van der Waals surface area contributed by atoms with Crippen molar-refractivity contribution >= 4 is 17.4 Å². The van der Waals surface area contributed by atoms with Crippen LogP contribution >= 0.6 is 0 Å². The first-order valence-corrected chi connectivity index (χ1v) is 8.76. The summed E-state index contributed by atoms with van der Waals surface area (Å²) in [7, 11) is 0. The first kappa shape index (κ1) is 16.4. The molecule has 0 spiro atoms. The highest BCUT2D eigenvalue weighted by Gasteiger charge is 2.18. The number of benzene rings is 1. The van der Waals surface area contributed by atoms with Gasteiger partial charge in [-0.3, -0.25) is 4.79 Å². The largest absolute Gasteiger partial charge is 0.339 e. The number of nitrogens with zero attached hydrogens (tertiary/aromatic N) is 3. The number of para-hydroxylation sites is 1. The molecule has 0 bridgehead atoms. The number of hydrogen-bond acceptors (Lipinski definition) is 4. The van der Waals surface area contributed by atoms with E-state index in [0.717, 1.165) is 38.0 Å². The second-order valence-corrected chi connectivity index (χ2v) is 6.15. The van der Waals surface area contributed by atoms with E-state index in [1.165, 1.54) is 18.4 Å². The standard InChI is InChI=1S/C19H24N4O/c1-2-15-9-5-6-10-16(15)20-18-12-11-17(21-22-18)19(24)23-13-7-3-4-8-14-23/h5-6,9-12H,2-4,7-8,13-14H2,1H3,(H,20,22). The number of amides is 1. The number of carbonyl (C=O) groups excluding carboxylic acids is 1. The van der Waals surface area contributed by atoms with Gasteiger partial charge in [0, 0.05) is 18.8 Å². The van der Waals surface area contributed by atoms with Crippen molar-refractivity contribution in [2.45, 2.75) is 39.0 Å². The monoisotopic (exact) mass is 324 g/mol. The maximum absolute atomic E-state index is 12.5. The van der Waals surface area contributed by atoms with Crippen LogP contribution in [0.25, 0.3) is 0 Å². The van der Waals surface area contributed by atoms with Crippen LogP contribution < -0.4 is 5.32 Å². The normalized spacial score (nSPS) is 15.0. The van der Waals surface area contributed by atoms with Crippen molar-refractivity contribution in [1.82, 2.24) is 15.1 Å². The molecule has 1 aliphatic heterocycles. The SMILES string of the molecule is CCc1ccccc1Nc1ccc(C(=O)N2CCCCCC2)nn1. The number of carbonyl (C=O) groups is 1. The van der Waals surface area contributed by atoms with E-state index in [1.807, 2.05) is 29.2 Å². The first-order chi connectivity index (χ1) is 11.8. The Morgan fingerprint density at radius 3 is 2.46 bits per heavy atom. The van der Waals surface area contributed by atoms with Gasteiger partial charge in [-0.15, -0.1) is 10.2 Å². The van der Waals surface area contributed by atoms with Crippen LogP contribution in [0.5, 0.6) is 0 Å². The Labute approximate surface area is 143 Å². The number of likely N-dealkylation sites (tertiary alicyclic amines) is 1. The molecule has 5 heteroatoms. The van der Waals surface area contributed by atoms with Gasteiger partial charge in [-0.25, -0.2) is 0 Å². The summed E-state index contributed by atoms with van der Waals surface area (Å²) in [6.07, 6.45) is 5.51. The highest BCUT2D eigenvalue weighted by atomic mass is 16.2. The molecule has 1 fully saturated rings. The van der Waals surface area contributed by atoms with E-state index in [4.69, 9.17) is 0 Å². The minimum absolute atomic E-state index is 0.00934. The van der Waals surface area contributed by atoms with Gasteiger partial charge in [-0.2, -0.15) is 0 Å². The van der Waals surface area contributed by atoms with Gasteiger partial charge in [0.1, 0.15) is 0 Å². The number of anilines is 2. The summed E-state index contributed by atoms with van der Waals surface area (Å²) in [5.74, 6) is 0.647. The van der Waals surface area contributed by atoms with Crippen LogP contribution in [-0.4, -0.2) is 34.1 Å². The van der Waals surface area contributed by atoms with Crippen LogP contribution in [0.4, 0.5) is 11.5 Å². The van der Waals surface area contributed by atoms with Crippen LogP contribution in [0.3, 0.4) is 0 Å². The second kappa shape index (κ2) is 7.90. The summed E-state index contributed by atoms with van der Waals surface area (Å²) in [6, 6.07) is 11.7. The lowest BCUT2D eigenvalue weighted by Gasteiger charge is -2.19. The van der Waals surface area contributed by atoms with Gasteiger partial charge >= 0.3 is 0 Å². The minimum atomic E-state index is -0.00934. The Hall–Kier alpha value is -2.43. The molecule has 0 atom stereocenters. The quantitative estimate of drug-likeness (QED) is 0.929. The van der Waals surface area contributed by atoms with Gasteiger partial charge in [-0.05, 0) is 43.0 Å². The maximum Gasteiger partial charge on any atom is 0.274 e. The van der Waals surface area contributed by atoms with Gasteiger partial charge < -0.3 is 10.2 Å². The zero-order valence-corrected chi connectivity index (χ0v) is 14.2. The van der Waals surface area contributed by atoms with Crippen molar-refractivity contribution in [1.29, 1.82) is 0 Å². The topological polar surface area (TPSA) is 58.1 Å². The molecule has 1 saturated heterocycles. The summed E-state index contributed by atoms with van der Waals surface area (Å²) in [5, 5.41) is 11.6. The lowest BCUT2D eigenvalue weighted by Crippen LogP contribution is -2.32. The van der Waals surface area contributed by atoms with Crippen LogP contribution in [-0.2, 0) is 6.42 Å². The minimum Gasteiger partial charge on any atom is -0.339 e. The van der Waals surface area contributed by atoms with E-state index < -0.39 is 0 Å². The van der Waals surface area contributed by atoms with E-state index in [9.17, 15) is 4.79 Å². The first-order valence-electron chi connectivity index (χ1n) is 8.76. The van der Waals surface area contributed by atoms with Crippen LogP contribution in [0.1, 0.15) is 48.7 Å². The maximum atomic E-state index is 12.5. The number of aryl methyl sites for hydroxylation is 1. The molecule has 1 aromatic heterocycles. The number of aromatic nitrogens is 2. The molecule has 126 valence electrons. The van der Waals surface area contributed by atoms with Crippen molar-refractivity contribution in [2.75, 3.05) is 18.4 Å². The number of rotatable bonds is 4. The molecule has 1 amide bonds. The Morgan fingerprint density at radius 1 is 1.04 bits per heavy atom. The van der Waals surface area contributed by atoms with Gasteiger partial charge in [0.15, 0.2) is 11.5 Å². The van der Waals surface area contributed by atoms with Crippen molar-refractivity contribution in [3.05, 3.63) is 47.7 Å². The van der Waals surface area contributed by atoms with E-state index in [2.05, 4.69) is 28.5 Å². The summed E-state index contributed by atoms with van der Waals surface area (Å²) < 4.78 is 0. The molecule has 0 aliphatic carbocycles. The summed E-state index contributed by atoms with van der Waals surface area (Å²) >= 11 is 0. The molecular weight excluding hydrogens is 300 g/mol. The average Bonchev–Trinajstić information content (AvgIpc) is 2.92. The van der Waals surface area contributed by atoms with Gasteiger partial charge in [0.05, 0.1) is 0 Å². The zero-order valence-electron chi connectivity index (χ0n) is 14.2. The number of hydrogen-bond donors (Lipinski definition) is 1. The van der Waals surface area contributed by atoms with E-state index in [-0.39, 0.29) is 5.91 Å². The highest BCUT2D eigenvalue weighted by Crippen LogP contribution is 2.20. The third kappa shape index (κ3) is 3.91. The van der Waals surface area contributed by atoms with Crippen LogP contribution in [0.2, 0.25) is 0 Å². The summed E-state index contributed by atoms with van der Waals surface area (Å²) in [4.78, 5) is 14.4. The molecule has 3 rings (SSSR count). The van der Waals surface area contributed by atoms with Crippen molar-refractivity contribution in [2.24, 2.45) is 0 Å². The average molecular weight is 324 g/mol. The lowest BCUT2D eigenvalue weighted by molar-refractivity contribution is 0.0754. The zero-order chi connectivity index (χ0) is 16.8. The molecule has 0 unspecified atom stereocenters. The lowest BCUT2D eigenvalue weighted by atomic mass is 10.1. The van der Waals surface area contributed by atoms with Crippen LogP contribution in [0, 0.1) is 0 Å². The molecule has 2 heterocycles. The van der Waals surface area contributed by atoms with E-state index in [1.54, 1.807) is 6.07 Å². The molecule has 24 heavy (non-hydrogen) atoms. The van der Waals surface area contributed by atoms with Gasteiger partial charge in [0.2, 0.25) is 0 Å². The molecule has 2 aromatic rings. The number of nitrogens with one attached hydrogen (secondary N) is 1. The summed E-state index contributed by atoms with van der Waals surface area (Å²) in [5.41, 5.74) is 2.68. The van der Waals surface area contributed by atoms with Crippen molar-refractivity contribution < 1.29 is 4.79 Å². The van der Waals surface area contributed by atoms with Crippen molar-refractivity contribution in [3.8, 4) is 0 Å². The molecule has 0 saturated carbocycles. The molecule has 5 nitrogen and oxygen atoms in total. The van der Waals surface area contributed by atoms with Crippen molar-refractivity contribution in [3.63, 3.8) is 0 Å². The Morgan fingerprint density at radius 2 is 1.79 bits per heavy atom. The van der Waals surface area contributed by atoms with Crippen LogP contribution in [0.15, 0.2) is 36.4 Å². The third-order valence-electron chi connectivity index (χ3n) is 4.44. The summed E-state index contributed by atoms with van der Waals surface area (Å²) in [6.45, 7) is 3.77. The molecular formula is C19H24N4O. The highest BCUT2D eigenvalue weighted by molar-refractivity contribution is 5.92. The fourth-order valence-corrected chi connectivity index (χ4v) is 3.04. The second-order valence-electron chi connectivity index (χ2n) is 6.15. The fraction of sp³-hybridized carbons (Fsp3) is 0.421. The van der Waals surface area contributed by atoms with E-state index in [0.29, 0.717) is 11.5 Å². The predicted octanol–water partition coefficient (Wildman–Crippen LogP) is 3.80. The van der Waals surface area contributed by atoms with Gasteiger partial charge in [-0.1, -0.05) is 38.0 Å². The fourth-order valence-electron chi connectivity index (χ4n) is 3.04. The Bertz CT molecular complexity index is 676. The van der Waals surface area contributed by atoms with E-state index >= 15 is 0 Å². The Kier molecular flexibility index (Phi) is 5.41. The molecule has 1 aromatic carbocycles. The molecule has 0 radical (unpaired) electrons.